The highest BCUT2D eigenvalue weighted by Gasteiger charge is 2.13. The van der Waals surface area contributed by atoms with Gasteiger partial charge in [0.1, 0.15) is 5.75 Å². The molecule has 0 bridgehead atoms. The molecule has 140 valence electrons. The van der Waals surface area contributed by atoms with Crippen molar-refractivity contribution in [1.29, 1.82) is 0 Å². The number of benzene rings is 1. The predicted molar refractivity (Wildman–Crippen MR) is 102 cm³/mol. The van der Waals surface area contributed by atoms with E-state index in [9.17, 15) is 9.59 Å². The number of amides is 2. The molecule has 9 heteroatoms. The van der Waals surface area contributed by atoms with Crippen LogP contribution < -0.4 is 15.4 Å². The molecule has 0 aliphatic carbocycles. The van der Waals surface area contributed by atoms with Gasteiger partial charge in [-0.3, -0.25) is 9.59 Å². The van der Waals surface area contributed by atoms with Crippen molar-refractivity contribution < 1.29 is 18.7 Å². The predicted octanol–water partition coefficient (Wildman–Crippen LogP) is 3.34. The monoisotopic (exact) mass is 386 g/mol. The quantitative estimate of drug-likeness (QED) is 0.645. The Balaban J connectivity index is 1.61. The number of anilines is 2. The highest BCUT2D eigenvalue weighted by molar-refractivity contribution is 7.08. The number of aryl methyl sites for hydroxylation is 1. The van der Waals surface area contributed by atoms with Crippen LogP contribution in [0.4, 0.5) is 11.4 Å². The Hall–Kier alpha value is -3.20. The number of nitrogens with zero attached hydrogens (tertiary/aromatic N) is 2. The summed E-state index contributed by atoms with van der Waals surface area (Å²) in [7, 11) is 1.51. The molecule has 2 heterocycles. The van der Waals surface area contributed by atoms with Crippen LogP contribution in [0.5, 0.6) is 5.75 Å². The molecule has 0 atom stereocenters. The molecule has 0 unspecified atom stereocenters. The van der Waals surface area contributed by atoms with E-state index in [1.54, 1.807) is 29.5 Å². The van der Waals surface area contributed by atoms with Gasteiger partial charge in [0.25, 0.3) is 0 Å². The minimum atomic E-state index is -0.233. The zero-order chi connectivity index (χ0) is 19.2. The van der Waals surface area contributed by atoms with E-state index in [1.165, 1.54) is 14.0 Å². The number of rotatable bonds is 7. The van der Waals surface area contributed by atoms with E-state index in [2.05, 4.69) is 20.8 Å². The molecule has 0 radical (unpaired) electrons. The average molecular weight is 386 g/mol. The van der Waals surface area contributed by atoms with Crippen molar-refractivity contribution in [2.75, 3.05) is 17.7 Å². The summed E-state index contributed by atoms with van der Waals surface area (Å²) in [5.41, 5.74) is 1.90. The molecule has 0 aliphatic heterocycles. The summed E-state index contributed by atoms with van der Waals surface area (Å²) in [5.74, 6) is 0.899. The van der Waals surface area contributed by atoms with Crippen LogP contribution in [0, 0.1) is 0 Å². The summed E-state index contributed by atoms with van der Waals surface area (Å²) < 4.78 is 10.8. The smallest absolute Gasteiger partial charge is 0.248 e. The van der Waals surface area contributed by atoms with Gasteiger partial charge in [-0.15, -0.1) is 10.2 Å². The Morgan fingerprint density at radius 2 is 2.07 bits per heavy atom. The maximum Gasteiger partial charge on any atom is 0.248 e. The Bertz CT molecular complexity index is 937. The first-order valence-corrected chi connectivity index (χ1v) is 9.10. The van der Waals surface area contributed by atoms with Gasteiger partial charge in [0.05, 0.1) is 12.8 Å². The molecule has 0 saturated carbocycles. The van der Waals surface area contributed by atoms with Gasteiger partial charge in [-0.25, -0.2) is 0 Å². The lowest BCUT2D eigenvalue weighted by molar-refractivity contribution is -0.116. The lowest BCUT2D eigenvalue weighted by atomic mass is 10.2. The number of ether oxygens (including phenoxy) is 1. The van der Waals surface area contributed by atoms with Crippen LogP contribution in [0.3, 0.4) is 0 Å². The Morgan fingerprint density at radius 3 is 2.78 bits per heavy atom. The van der Waals surface area contributed by atoms with Gasteiger partial charge in [0.15, 0.2) is 0 Å². The molecule has 0 spiro atoms. The minimum Gasteiger partial charge on any atom is -0.495 e. The summed E-state index contributed by atoms with van der Waals surface area (Å²) in [6.45, 7) is 1.41. The molecule has 1 aromatic carbocycles. The molecule has 0 fully saturated rings. The molecular weight excluding hydrogens is 368 g/mol. The summed E-state index contributed by atoms with van der Waals surface area (Å²) in [4.78, 5) is 23.5. The van der Waals surface area contributed by atoms with E-state index in [0.29, 0.717) is 35.3 Å². The Kier molecular flexibility index (Phi) is 5.82. The average Bonchev–Trinajstić information content (AvgIpc) is 3.31. The zero-order valence-electron chi connectivity index (χ0n) is 14.8. The third-order valence-electron chi connectivity index (χ3n) is 3.59. The molecule has 2 aromatic heterocycles. The van der Waals surface area contributed by atoms with Crippen molar-refractivity contribution in [2.45, 2.75) is 19.8 Å². The molecule has 0 aliphatic rings. The van der Waals surface area contributed by atoms with Gasteiger partial charge in [0, 0.05) is 36.4 Å². The maximum absolute atomic E-state index is 12.3. The van der Waals surface area contributed by atoms with Crippen molar-refractivity contribution in [3.05, 3.63) is 40.9 Å². The summed E-state index contributed by atoms with van der Waals surface area (Å²) in [6.07, 6.45) is 0.482. The van der Waals surface area contributed by atoms with E-state index in [-0.39, 0.29) is 18.2 Å². The molecule has 0 saturated heterocycles. The van der Waals surface area contributed by atoms with Crippen LogP contribution in [0.1, 0.15) is 19.2 Å². The lowest BCUT2D eigenvalue weighted by Crippen LogP contribution is -2.14. The molecule has 3 rings (SSSR count). The third kappa shape index (κ3) is 4.91. The van der Waals surface area contributed by atoms with Gasteiger partial charge in [-0.2, -0.15) is 11.3 Å². The van der Waals surface area contributed by atoms with Crippen LogP contribution in [-0.4, -0.2) is 29.1 Å². The molecule has 3 aromatic rings. The van der Waals surface area contributed by atoms with Crippen molar-refractivity contribution in [3.8, 4) is 17.2 Å². The highest BCUT2D eigenvalue weighted by Crippen LogP contribution is 2.28. The van der Waals surface area contributed by atoms with Crippen molar-refractivity contribution in [3.63, 3.8) is 0 Å². The van der Waals surface area contributed by atoms with Crippen LogP contribution in [0.15, 0.2) is 39.4 Å². The van der Waals surface area contributed by atoms with Gasteiger partial charge in [-0.05, 0) is 29.6 Å². The van der Waals surface area contributed by atoms with E-state index >= 15 is 0 Å². The normalized spacial score (nSPS) is 10.4. The van der Waals surface area contributed by atoms with E-state index in [1.807, 2.05) is 16.8 Å². The number of hydrogen-bond acceptors (Lipinski definition) is 7. The fourth-order valence-electron chi connectivity index (χ4n) is 2.38. The molecule has 27 heavy (non-hydrogen) atoms. The number of thiophene rings is 1. The van der Waals surface area contributed by atoms with Gasteiger partial charge < -0.3 is 19.8 Å². The topological polar surface area (TPSA) is 106 Å². The summed E-state index contributed by atoms with van der Waals surface area (Å²) >= 11 is 1.54. The van der Waals surface area contributed by atoms with Crippen LogP contribution in [0.2, 0.25) is 0 Å². The molecular formula is C18H18N4O4S. The first kappa shape index (κ1) is 18.6. The first-order valence-electron chi connectivity index (χ1n) is 8.15. The fourth-order valence-corrected chi connectivity index (χ4v) is 3.01. The second kappa shape index (κ2) is 8.45. The van der Waals surface area contributed by atoms with Crippen molar-refractivity contribution in [2.24, 2.45) is 0 Å². The standard InChI is InChI=1S/C18H18N4O4S/c1-11(23)19-13-3-4-15(25-2)14(9-13)20-16(24)5-6-17-21-22-18(26-17)12-7-8-27-10-12/h3-4,7-10H,5-6H2,1-2H3,(H,19,23)(H,20,24). The Labute approximate surface area is 159 Å². The lowest BCUT2D eigenvalue weighted by Gasteiger charge is -2.12. The van der Waals surface area contributed by atoms with Gasteiger partial charge >= 0.3 is 0 Å². The first-order chi connectivity index (χ1) is 13.0. The fraction of sp³-hybridized carbons (Fsp3) is 0.222. The summed E-state index contributed by atoms with van der Waals surface area (Å²) in [6, 6.07) is 6.90. The molecule has 8 nitrogen and oxygen atoms in total. The van der Waals surface area contributed by atoms with Gasteiger partial charge in [0.2, 0.25) is 23.6 Å². The number of aromatic nitrogens is 2. The number of carbonyl (C=O) groups excluding carboxylic acids is 2. The molecule has 2 N–H and O–H groups in total. The van der Waals surface area contributed by atoms with E-state index in [4.69, 9.17) is 9.15 Å². The largest absolute Gasteiger partial charge is 0.495 e. The number of carbonyl (C=O) groups is 2. The van der Waals surface area contributed by atoms with Crippen LogP contribution in [-0.2, 0) is 16.0 Å². The SMILES string of the molecule is COc1ccc(NC(C)=O)cc1NC(=O)CCc1nnc(-c2ccsc2)o1. The zero-order valence-corrected chi connectivity index (χ0v) is 15.6. The van der Waals surface area contributed by atoms with Crippen LogP contribution in [0.25, 0.3) is 11.5 Å². The third-order valence-corrected chi connectivity index (χ3v) is 4.28. The number of hydrogen-bond donors (Lipinski definition) is 2. The maximum atomic E-state index is 12.3. The van der Waals surface area contributed by atoms with Gasteiger partial charge in [-0.1, -0.05) is 0 Å². The van der Waals surface area contributed by atoms with Crippen LogP contribution >= 0.6 is 11.3 Å². The number of nitrogens with one attached hydrogen (secondary N) is 2. The van der Waals surface area contributed by atoms with E-state index < -0.39 is 0 Å². The Morgan fingerprint density at radius 1 is 1.22 bits per heavy atom. The number of methoxy groups -OCH3 is 1. The second-order valence-corrected chi connectivity index (χ2v) is 6.44. The highest BCUT2D eigenvalue weighted by atomic mass is 32.1. The summed E-state index contributed by atoms with van der Waals surface area (Å²) in [5, 5.41) is 17.2. The van der Waals surface area contributed by atoms with Crippen molar-refractivity contribution >= 4 is 34.5 Å². The molecule has 2 amide bonds. The second-order valence-electron chi connectivity index (χ2n) is 5.66. The van der Waals surface area contributed by atoms with E-state index in [0.717, 1.165) is 5.56 Å². The van der Waals surface area contributed by atoms with Crippen molar-refractivity contribution in [1.82, 2.24) is 10.2 Å². The minimum absolute atomic E-state index is 0.165.